The highest BCUT2D eigenvalue weighted by atomic mass is 16.5. The second-order valence-electron chi connectivity index (χ2n) is 4.79. The summed E-state index contributed by atoms with van der Waals surface area (Å²) in [4.78, 5) is 12.3. The number of hydrogen-bond donors (Lipinski definition) is 1. The van der Waals surface area contributed by atoms with Crippen LogP contribution < -0.4 is 4.74 Å². The summed E-state index contributed by atoms with van der Waals surface area (Å²) in [6, 6.07) is 12.5. The molecule has 3 rings (SSSR count). The molecule has 100 valence electrons. The number of ketones is 1. The van der Waals surface area contributed by atoms with Gasteiger partial charge >= 0.3 is 0 Å². The number of carbonyl (C=O) groups excluding carboxylic acids is 1. The van der Waals surface area contributed by atoms with Crippen LogP contribution in [0.4, 0.5) is 0 Å². The van der Waals surface area contributed by atoms with Crippen LogP contribution in [0.2, 0.25) is 0 Å². The highest BCUT2D eigenvalue weighted by Gasteiger charge is 2.24. The quantitative estimate of drug-likeness (QED) is 0.849. The number of phenolic OH excluding ortho intramolecular Hbond substituents is 1. The molecule has 3 nitrogen and oxygen atoms in total. The lowest BCUT2D eigenvalue weighted by atomic mass is 10.1. The van der Waals surface area contributed by atoms with Crippen LogP contribution in [-0.4, -0.2) is 18.0 Å². The fourth-order valence-corrected chi connectivity index (χ4v) is 2.41. The minimum Gasteiger partial charge on any atom is -0.508 e. The molecule has 1 N–H and O–H groups in total. The normalized spacial score (nSPS) is 15.4. The topological polar surface area (TPSA) is 46.5 Å². The maximum absolute atomic E-state index is 12.3. The highest BCUT2D eigenvalue weighted by molar-refractivity contribution is 6.15. The first-order valence-electron chi connectivity index (χ1n) is 6.38. The number of Topliss-reactive ketones (excluding diaryl/α,β-unsaturated/α-hetero) is 1. The van der Waals surface area contributed by atoms with Crippen molar-refractivity contribution in [1.82, 2.24) is 0 Å². The summed E-state index contributed by atoms with van der Waals surface area (Å²) in [5.41, 5.74) is 3.28. The third kappa shape index (κ3) is 2.18. The van der Waals surface area contributed by atoms with E-state index in [4.69, 9.17) is 4.74 Å². The molecule has 0 aliphatic heterocycles. The van der Waals surface area contributed by atoms with Gasteiger partial charge in [0.2, 0.25) is 0 Å². The number of allylic oxidation sites excluding steroid dienone is 1. The van der Waals surface area contributed by atoms with Crippen molar-refractivity contribution >= 4 is 11.9 Å². The first kappa shape index (κ1) is 12.5. The first-order chi connectivity index (χ1) is 9.67. The maximum Gasteiger partial charge on any atom is 0.189 e. The zero-order chi connectivity index (χ0) is 14.1. The molecule has 0 bridgehead atoms. The lowest BCUT2D eigenvalue weighted by Gasteiger charge is -2.00. The van der Waals surface area contributed by atoms with Gasteiger partial charge in [-0.15, -0.1) is 0 Å². The molecule has 1 aliphatic carbocycles. The third-order valence-corrected chi connectivity index (χ3v) is 3.47. The SMILES string of the molecule is COc1ccc(/C=C2\Cc3ccc(O)cc3C2=O)cc1. The number of ether oxygens (including phenoxy) is 1. The molecule has 0 atom stereocenters. The van der Waals surface area contributed by atoms with Crippen molar-refractivity contribution in [3.8, 4) is 11.5 Å². The first-order valence-corrected chi connectivity index (χ1v) is 6.38. The van der Waals surface area contributed by atoms with Crippen molar-refractivity contribution in [1.29, 1.82) is 0 Å². The van der Waals surface area contributed by atoms with Crippen molar-refractivity contribution in [3.05, 3.63) is 64.7 Å². The van der Waals surface area contributed by atoms with Gasteiger partial charge in [0.05, 0.1) is 7.11 Å². The molecule has 0 saturated carbocycles. The second kappa shape index (κ2) is 4.85. The van der Waals surface area contributed by atoms with Crippen LogP contribution in [0, 0.1) is 0 Å². The fraction of sp³-hybridized carbons (Fsp3) is 0.118. The molecule has 0 heterocycles. The molecule has 20 heavy (non-hydrogen) atoms. The lowest BCUT2D eigenvalue weighted by Crippen LogP contribution is -1.95. The molecule has 0 fully saturated rings. The van der Waals surface area contributed by atoms with E-state index in [1.807, 2.05) is 30.3 Å². The summed E-state index contributed by atoms with van der Waals surface area (Å²) < 4.78 is 5.11. The standard InChI is InChI=1S/C17H14O3/c1-20-15-6-2-11(3-7-15)8-13-9-12-4-5-14(18)10-16(12)17(13)19/h2-8,10,18H,9H2,1H3/b13-8+. The summed E-state index contributed by atoms with van der Waals surface area (Å²) in [6.07, 6.45) is 2.50. The van der Waals surface area contributed by atoms with Gasteiger partial charge < -0.3 is 9.84 Å². The van der Waals surface area contributed by atoms with E-state index in [9.17, 15) is 9.90 Å². The van der Waals surface area contributed by atoms with E-state index < -0.39 is 0 Å². The van der Waals surface area contributed by atoms with Gasteiger partial charge in [-0.2, -0.15) is 0 Å². The average Bonchev–Trinajstić information content (AvgIpc) is 2.76. The number of fused-ring (bicyclic) bond motifs is 1. The van der Waals surface area contributed by atoms with Crippen molar-refractivity contribution in [2.24, 2.45) is 0 Å². The number of methoxy groups -OCH3 is 1. The molecule has 0 saturated heterocycles. The van der Waals surface area contributed by atoms with Gasteiger partial charge in [0.25, 0.3) is 0 Å². The summed E-state index contributed by atoms with van der Waals surface area (Å²) >= 11 is 0. The summed E-state index contributed by atoms with van der Waals surface area (Å²) in [5, 5.41) is 9.46. The molecular formula is C17H14O3. The maximum atomic E-state index is 12.3. The predicted molar refractivity (Wildman–Crippen MR) is 77.1 cm³/mol. The van der Waals surface area contributed by atoms with Gasteiger partial charge in [0, 0.05) is 17.6 Å². The van der Waals surface area contributed by atoms with E-state index in [0.29, 0.717) is 12.0 Å². The minimum atomic E-state index is -0.00767. The molecular weight excluding hydrogens is 252 g/mol. The number of aromatic hydroxyl groups is 1. The second-order valence-corrected chi connectivity index (χ2v) is 4.79. The molecule has 0 spiro atoms. The van der Waals surface area contributed by atoms with Gasteiger partial charge in [-0.1, -0.05) is 18.2 Å². The van der Waals surface area contributed by atoms with E-state index >= 15 is 0 Å². The Bertz CT molecular complexity index is 697. The van der Waals surface area contributed by atoms with E-state index in [1.165, 1.54) is 6.07 Å². The third-order valence-electron chi connectivity index (χ3n) is 3.47. The van der Waals surface area contributed by atoms with Crippen molar-refractivity contribution in [3.63, 3.8) is 0 Å². The van der Waals surface area contributed by atoms with Gasteiger partial charge in [0.15, 0.2) is 5.78 Å². The molecule has 2 aromatic carbocycles. The highest BCUT2D eigenvalue weighted by Crippen LogP contribution is 2.30. The number of benzene rings is 2. The zero-order valence-corrected chi connectivity index (χ0v) is 11.1. The van der Waals surface area contributed by atoms with E-state index in [0.717, 1.165) is 22.4 Å². The van der Waals surface area contributed by atoms with Gasteiger partial charge in [-0.3, -0.25) is 4.79 Å². The number of phenols is 1. The van der Waals surface area contributed by atoms with Crippen LogP contribution in [0.5, 0.6) is 11.5 Å². The van der Waals surface area contributed by atoms with Crippen LogP contribution in [0.3, 0.4) is 0 Å². The van der Waals surface area contributed by atoms with E-state index in [1.54, 1.807) is 19.2 Å². The average molecular weight is 266 g/mol. The Hall–Kier alpha value is -2.55. The van der Waals surface area contributed by atoms with E-state index in [2.05, 4.69) is 0 Å². The van der Waals surface area contributed by atoms with Gasteiger partial charge in [-0.25, -0.2) is 0 Å². The Labute approximate surface area is 117 Å². The number of hydrogen-bond acceptors (Lipinski definition) is 3. The molecule has 0 aromatic heterocycles. The lowest BCUT2D eigenvalue weighted by molar-refractivity contribution is 0.104. The molecule has 0 amide bonds. The van der Waals surface area contributed by atoms with Crippen molar-refractivity contribution in [2.45, 2.75) is 6.42 Å². The van der Waals surface area contributed by atoms with Crippen molar-refractivity contribution in [2.75, 3.05) is 7.11 Å². The Morgan fingerprint density at radius 1 is 1.15 bits per heavy atom. The van der Waals surface area contributed by atoms with Crippen molar-refractivity contribution < 1.29 is 14.6 Å². The van der Waals surface area contributed by atoms with Crippen LogP contribution in [0.15, 0.2) is 48.0 Å². The Morgan fingerprint density at radius 2 is 1.90 bits per heavy atom. The van der Waals surface area contributed by atoms with E-state index in [-0.39, 0.29) is 11.5 Å². The summed E-state index contributed by atoms with van der Waals surface area (Å²) in [6.45, 7) is 0. The van der Waals surface area contributed by atoms with Crippen LogP contribution >= 0.6 is 0 Å². The molecule has 2 aromatic rings. The van der Waals surface area contributed by atoms with Gasteiger partial charge in [-0.05, 0) is 41.5 Å². The number of rotatable bonds is 2. The fourth-order valence-electron chi connectivity index (χ4n) is 2.41. The van der Waals surface area contributed by atoms with Crippen LogP contribution in [0.25, 0.3) is 6.08 Å². The van der Waals surface area contributed by atoms with Gasteiger partial charge in [0.1, 0.15) is 11.5 Å². The summed E-state index contributed by atoms with van der Waals surface area (Å²) in [5.74, 6) is 0.910. The molecule has 1 aliphatic rings. The van der Waals surface area contributed by atoms with Crippen LogP contribution in [0.1, 0.15) is 21.5 Å². The summed E-state index contributed by atoms with van der Waals surface area (Å²) in [7, 11) is 1.62. The predicted octanol–water partition coefficient (Wildman–Crippen LogP) is 3.22. The molecule has 0 unspecified atom stereocenters. The Morgan fingerprint density at radius 3 is 2.60 bits per heavy atom. The zero-order valence-electron chi connectivity index (χ0n) is 11.1. The molecule has 3 heteroatoms. The number of carbonyl (C=O) groups is 1. The molecule has 0 radical (unpaired) electrons. The largest absolute Gasteiger partial charge is 0.508 e. The minimum absolute atomic E-state index is 0.00767. The monoisotopic (exact) mass is 266 g/mol. The smallest absolute Gasteiger partial charge is 0.189 e. The Kier molecular flexibility index (Phi) is 3.03. The Balaban J connectivity index is 1.92. The van der Waals surface area contributed by atoms with Crippen LogP contribution in [-0.2, 0) is 6.42 Å².